The highest BCUT2D eigenvalue weighted by Crippen LogP contribution is 2.09. The molecule has 19 heavy (non-hydrogen) atoms. The molecule has 1 amide bonds. The molecule has 0 spiro atoms. The fourth-order valence-electron chi connectivity index (χ4n) is 1.75. The predicted molar refractivity (Wildman–Crippen MR) is 73.8 cm³/mol. The number of hydrogen-bond donors (Lipinski definition) is 0. The standard InChI is InChI=1S/C13H15NO3.C2H6/c15-12-6-8-14(9-7-12)13(16)17-10-11-4-2-1-3-5-11;1-2/h1-5H,6-10H2;1-2H3. The van der Waals surface area contributed by atoms with Crippen molar-refractivity contribution in [2.24, 2.45) is 0 Å². The zero-order chi connectivity index (χ0) is 14.1. The van der Waals surface area contributed by atoms with E-state index in [1.54, 1.807) is 4.90 Å². The van der Waals surface area contributed by atoms with Gasteiger partial charge in [0, 0.05) is 25.9 Å². The third kappa shape index (κ3) is 5.12. The molecule has 4 nitrogen and oxygen atoms in total. The van der Waals surface area contributed by atoms with Crippen molar-refractivity contribution in [2.45, 2.75) is 33.3 Å². The van der Waals surface area contributed by atoms with Crippen LogP contribution in [-0.4, -0.2) is 29.9 Å². The summed E-state index contributed by atoms with van der Waals surface area (Å²) in [5, 5.41) is 0. The molecule has 0 saturated carbocycles. The minimum atomic E-state index is -0.332. The van der Waals surface area contributed by atoms with Crippen molar-refractivity contribution in [3.63, 3.8) is 0 Å². The van der Waals surface area contributed by atoms with Crippen molar-refractivity contribution in [1.82, 2.24) is 4.90 Å². The number of ether oxygens (including phenoxy) is 1. The summed E-state index contributed by atoms with van der Waals surface area (Å²) in [5.41, 5.74) is 0.967. The number of ketones is 1. The molecule has 2 rings (SSSR count). The van der Waals surface area contributed by atoms with Crippen LogP contribution in [0.2, 0.25) is 0 Å². The van der Waals surface area contributed by atoms with Gasteiger partial charge in [-0.1, -0.05) is 44.2 Å². The van der Waals surface area contributed by atoms with Crippen LogP contribution in [0.1, 0.15) is 32.3 Å². The number of carbonyl (C=O) groups excluding carboxylic acids is 2. The average molecular weight is 263 g/mol. The monoisotopic (exact) mass is 263 g/mol. The van der Waals surface area contributed by atoms with Crippen molar-refractivity contribution in [1.29, 1.82) is 0 Å². The zero-order valence-electron chi connectivity index (χ0n) is 11.6. The summed E-state index contributed by atoms with van der Waals surface area (Å²) < 4.78 is 5.18. The summed E-state index contributed by atoms with van der Waals surface area (Å²) in [6.45, 7) is 5.24. The van der Waals surface area contributed by atoms with Gasteiger partial charge in [-0.05, 0) is 5.56 Å². The number of benzene rings is 1. The highest BCUT2D eigenvalue weighted by molar-refractivity contribution is 5.81. The van der Waals surface area contributed by atoms with Crippen LogP contribution in [-0.2, 0) is 16.1 Å². The van der Waals surface area contributed by atoms with Gasteiger partial charge in [0.15, 0.2) is 0 Å². The van der Waals surface area contributed by atoms with Gasteiger partial charge < -0.3 is 9.64 Å². The van der Waals surface area contributed by atoms with E-state index in [9.17, 15) is 9.59 Å². The Balaban J connectivity index is 0.000000861. The molecule has 0 unspecified atom stereocenters. The molecule has 4 heteroatoms. The molecule has 1 fully saturated rings. The van der Waals surface area contributed by atoms with E-state index in [0.717, 1.165) is 5.56 Å². The highest BCUT2D eigenvalue weighted by Gasteiger charge is 2.21. The van der Waals surface area contributed by atoms with E-state index in [1.807, 2.05) is 44.2 Å². The fraction of sp³-hybridized carbons (Fsp3) is 0.467. The Labute approximate surface area is 114 Å². The fourth-order valence-corrected chi connectivity index (χ4v) is 1.75. The van der Waals surface area contributed by atoms with Gasteiger partial charge in [-0.15, -0.1) is 0 Å². The highest BCUT2D eigenvalue weighted by atomic mass is 16.6. The second kappa shape index (κ2) is 8.29. The Bertz CT molecular complexity index is 393. The number of likely N-dealkylation sites (tertiary alicyclic amines) is 1. The molecular weight excluding hydrogens is 242 g/mol. The first-order valence-electron chi connectivity index (χ1n) is 6.73. The Morgan fingerprint density at radius 1 is 1.16 bits per heavy atom. The van der Waals surface area contributed by atoms with E-state index < -0.39 is 0 Å². The van der Waals surface area contributed by atoms with E-state index in [2.05, 4.69) is 0 Å². The first-order chi connectivity index (χ1) is 9.25. The van der Waals surface area contributed by atoms with Gasteiger partial charge in [0.2, 0.25) is 0 Å². The van der Waals surface area contributed by atoms with Crippen LogP contribution < -0.4 is 0 Å². The minimum absolute atomic E-state index is 0.220. The number of nitrogens with zero attached hydrogens (tertiary/aromatic N) is 1. The Kier molecular flexibility index (Phi) is 6.64. The Morgan fingerprint density at radius 2 is 1.74 bits per heavy atom. The van der Waals surface area contributed by atoms with Crippen LogP contribution in [0.25, 0.3) is 0 Å². The van der Waals surface area contributed by atoms with Crippen LogP contribution >= 0.6 is 0 Å². The van der Waals surface area contributed by atoms with Crippen molar-refractivity contribution >= 4 is 11.9 Å². The van der Waals surface area contributed by atoms with Crippen molar-refractivity contribution in [2.75, 3.05) is 13.1 Å². The summed E-state index contributed by atoms with van der Waals surface area (Å²) in [6, 6.07) is 9.55. The van der Waals surface area contributed by atoms with Crippen LogP contribution in [0.15, 0.2) is 30.3 Å². The molecule has 0 aromatic heterocycles. The maximum atomic E-state index is 11.7. The molecule has 1 saturated heterocycles. The van der Waals surface area contributed by atoms with Gasteiger partial charge >= 0.3 is 6.09 Å². The quantitative estimate of drug-likeness (QED) is 0.824. The molecular formula is C15H21NO3. The maximum Gasteiger partial charge on any atom is 0.410 e. The predicted octanol–water partition coefficient (Wildman–Crippen LogP) is 3.01. The van der Waals surface area contributed by atoms with E-state index in [-0.39, 0.29) is 18.5 Å². The molecule has 1 aliphatic rings. The molecule has 0 aliphatic carbocycles. The minimum Gasteiger partial charge on any atom is -0.445 e. The van der Waals surface area contributed by atoms with E-state index in [1.165, 1.54) is 0 Å². The SMILES string of the molecule is CC.O=C1CCN(C(=O)OCc2ccccc2)CC1. The molecule has 104 valence electrons. The van der Waals surface area contributed by atoms with E-state index in [0.29, 0.717) is 25.9 Å². The average Bonchev–Trinajstić information content (AvgIpc) is 2.49. The molecule has 1 aromatic carbocycles. The summed E-state index contributed by atoms with van der Waals surface area (Å²) in [6.07, 6.45) is 0.558. The molecule has 0 bridgehead atoms. The van der Waals surface area contributed by atoms with Gasteiger partial charge in [0.1, 0.15) is 12.4 Å². The smallest absolute Gasteiger partial charge is 0.410 e. The summed E-state index contributed by atoms with van der Waals surface area (Å²) in [5.74, 6) is 0.220. The van der Waals surface area contributed by atoms with Crippen LogP contribution in [0.5, 0.6) is 0 Å². The Morgan fingerprint density at radius 3 is 2.32 bits per heavy atom. The number of Topliss-reactive ketones (excluding diaryl/α,β-unsaturated/α-hetero) is 1. The molecule has 1 aromatic rings. The third-order valence-corrected chi connectivity index (χ3v) is 2.78. The molecule has 0 N–H and O–H groups in total. The second-order valence-corrected chi connectivity index (χ2v) is 4.07. The molecule has 1 aliphatic heterocycles. The molecule has 1 heterocycles. The van der Waals surface area contributed by atoms with Gasteiger partial charge in [0.25, 0.3) is 0 Å². The summed E-state index contributed by atoms with van der Waals surface area (Å²) >= 11 is 0. The van der Waals surface area contributed by atoms with E-state index in [4.69, 9.17) is 4.74 Å². The third-order valence-electron chi connectivity index (χ3n) is 2.78. The van der Waals surface area contributed by atoms with Crippen LogP contribution in [0, 0.1) is 0 Å². The van der Waals surface area contributed by atoms with Crippen molar-refractivity contribution < 1.29 is 14.3 Å². The lowest BCUT2D eigenvalue weighted by molar-refractivity contribution is -0.121. The number of rotatable bonds is 2. The lowest BCUT2D eigenvalue weighted by Crippen LogP contribution is -2.38. The maximum absolute atomic E-state index is 11.7. The lowest BCUT2D eigenvalue weighted by Gasteiger charge is -2.25. The summed E-state index contributed by atoms with van der Waals surface area (Å²) in [7, 11) is 0. The Hall–Kier alpha value is -1.84. The normalized spacial score (nSPS) is 14.4. The lowest BCUT2D eigenvalue weighted by atomic mass is 10.1. The first kappa shape index (κ1) is 15.2. The largest absolute Gasteiger partial charge is 0.445 e. The zero-order valence-corrected chi connectivity index (χ0v) is 11.6. The number of piperidine rings is 1. The van der Waals surface area contributed by atoms with Gasteiger partial charge in [0.05, 0.1) is 0 Å². The van der Waals surface area contributed by atoms with Crippen molar-refractivity contribution in [3.8, 4) is 0 Å². The number of hydrogen-bond acceptors (Lipinski definition) is 3. The van der Waals surface area contributed by atoms with Crippen LogP contribution in [0.4, 0.5) is 4.79 Å². The number of carbonyl (C=O) groups is 2. The molecule has 0 radical (unpaired) electrons. The second-order valence-electron chi connectivity index (χ2n) is 4.07. The van der Waals surface area contributed by atoms with Crippen LogP contribution in [0.3, 0.4) is 0 Å². The van der Waals surface area contributed by atoms with Gasteiger partial charge in [-0.25, -0.2) is 4.79 Å². The van der Waals surface area contributed by atoms with E-state index >= 15 is 0 Å². The first-order valence-corrected chi connectivity index (χ1v) is 6.73. The van der Waals surface area contributed by atoms with Gasteiger partial charge in [-0.2, -0.15) is 0 Å². The topological polar surface area (TPSA) is 46.6 Å². The molecule has 0 atom stereocenters. The van der Waals surface area contributed by atoms with Crippen molar-refractivity contribution in [3.05, 3.63) is 35.9 Å². The van der Waals surface area contributed by atoms with Gasteiger partial charge in [-0.3, -0.25) is 4.79 Å². The number of amides is 1. The summed E-state index contributed by atoms with van der Waals surface area (Å²) in [4.78, 5) is 24.3.